The lowest BCUT2D eigenvalue weighted by molar-refractivity contribution is -0.121. The van der Waals surface area contributed by atoms with Crippen molar-refractivity contribution in [2.24, 2.45) is 5.92 Å². The first-order chi connectivity index (χ1) is 14.3. The molecule has 2 aromatic rings. The molecule has 1 atom stereocenters. The maximum Gasteiger partial charge on any atom is 0.252 e. The molecule has 0 bridgehead atoms. The van der Waals surface area contributed by atoms with Gasteiger partial charge in [0.25, 0.3) is 10.0 Å². The van der Waals surface area contributed by atoms with Crippen LogP contribution in [-0.2, 0) is 24.3 Å². The Hall–Kier alpha value is -2.27. The highest BCUT2D eigenvalue weighted by Gasteiger charge is 2.34. The lowest BCUT2D eigenvalue weighted by Gasteiger charge is -2.30. The van der Waals surface area contributed by atoms with E-state index < -0.39 is 15.9 Å². The highest BCUT2D eigenvalue weighted by molar-refractivity contribution is 7.91. The summed E-state index contributed by atoms with van der Waals surface area (Å²) in [6.45, 7) is 2.36. The molecule has 2 heterocycles. The Morgan fingerprint density at radius 1 is 1.20 bits per heavy atom. The summed E-state index contributed by atoms with van der Waals surface area (Å²) in [5, 5.41) is 5.51. The summed E-state index contributed by atoms with van der Waals surface area (Å²) < 4.78 is 32.3. The van der Waals surface area contributed by atoms with Crippen LogP contribution in [0.5, 0.6) is 0 Å². The Labute approximate surface area is 180 Å². The molecule has 1 saturated heterocycles. The number of amides is 2. The summed E-state index contributed by atoms with van der Waals surface area (Å²) in [6, 6.07) is 10.2. The van der Waals surface area contributed by atoms with Crippen LogP contribution in [0.15, 0.2) is 40.6 Å². The fraction of sp³-hybridized carbons (Fsp3) is 0.400. The van der Waals surface area contributed by atoms with E-state index in [0.717, 1.165) is 4.88 Å². The van der Waals surface area contributed by atoms with Crippen molar-refractivity contribution >= 4 is 44.5 Å². The molecular weight excluding hydrogens is 426 g/mol. The number of hydrogen-bond acceptors (Lipinski definition) is 6. The minimum atomic E-state index is -3.59. The molecule has 0 aliphatic carbocycles. The molecule has 1 aromatic heterocycles. The third kappa shape index (κ3) is 5.45. The van der Waals surface area contributed by atoms with Gasteiger partial charge in [0, 0.05) is 36.5 Å². The van der Waals surface area contributed by atoms with E-state index in [9.17, 15) is 18.0 Å². The maximum absolute atomic E-state index is 12.9. The number of piperidine rings is 1. The molecule has 1 aliphatic rings. The standard InChI is InChI=1S/C20H25N3O5S2/c1-14-8-9-19(29-14)30(26,27)23-10-4-5-15(12-23)20(25)22-17-7-3-6-16(11-17)21-18(24)13-28-2/h3,6-9,11,15H,4-5,10,12-13H2,1-2H3,(H,21,24)(H,22,25)/t15-/m0/s1. The molecule has 1 aliphatic heterocycles. The number of benzene rings is 1. The van der Waals surface area contributed by atoms with Crippen molar-refractivity contribution in [2.45, 2.75) is 24.0 Å². The Morgan fingerprint density at radius 2 is 1.93 bits per heavy atom. The molecular formula is C20H25N3O5S2. The van der Waals surface area contributed by atoms with E-state index in [1.54, 1.807) is 36.4 Å². The molecule has 10 heteroatoms. The van der Waals surface area contributed by atoms with Crippen molar-refractivity contribution in [1.29, 1.82) is 0 Å². The number of hydrogen-bond donors (Lipinski definition) is 2. The minimum absolute atomic E-state index is 0.0628. The Morgan fingerprint density at radius 3 is 2.60 bits per heavy atom. The summed E-state index contributed by atoms with van der Waals surface area (Å²) in [4.78, 5) is 25.4. The first-order valence-corrected chi connectivity index (χ1v) is 11.8. The van der Waals surface area contributed by atoms with Crippen LogP contribution < -0.4 is 10.6 Å². The topological polar surface area (TPSA) is 105 Å². The molecule has 162 valence electrons. The Kier molecular flexibility index (Phi) is 7.24. The van der Waals surface area contributed by atoms with E-state index in [1.165, 1.54) is 22.8 Å². The molecule has 8 nitrogen and oxygen atoms in total. The zero-order valence-electron chi connectivity index (χ0n) is 16.9. The fourth-order valence-electron chi connectivity index (χ4n) is 3.30. The quantitative estimate of drug-likeness (QED) is 0.673. The van der Waals surface area contributed by atoms with Crippen LogP contribution in [-0.4, -0.2) is 51.3 Å². The normalized spacial score (nSPS) is 17.5. The number of nitrogens with zero attached hydrogens (tertiary/aromatic N) is 1. The third-order valence-corrected chi connectivity index (χ3v) is 8.09. The number of rotatable bonds is 7. The SMILES string of the molecule is COCC(=O)Nc1cccc(NC(=O)[C@H]2CCCN(S(=O)(=O)c3ccc(C)s3)C2)c1. The second-order valence-electron chi connectivity index (χ2n) is 7.12. The van der Waals surface area contributed by atoms with Crippen molar-refractivity contribution in [1.82, 2.24) is 4.31 Å². The number of methoxy groups -OCH3 is 1. The summed E-state index contributed by atoms with van der Waals surface area (Å²) in [6.07, 6.45) is 1.24. The average Bonchev–Trinajstić information content (AvgIpc) is 3.16. The average molecular weight is 452 g/mol. The number of carbonyl (C=O) groups is 2. The van der Waals surface area contributed by atoms with Crippen LogP contribution in [0.2, 0.25) is 0 Å². The first-order valence-electron chi connectivity index (χ1n) is 9.56. The third-order valence-electron chi connectivity index (χ3n) is 4.75. The molecule has 3 rings (SSSR count). The lowest BCUT2D eigenvalue weighted by atomic mass is 9.98. The van der Waals surface area contributed by atoms with Gasteiger partial charge in [-0.1, -0.05) is 6.07 Å². The van der Waals surface area contributed by atoms with Crippen LogP contribution in [0, 0.1) is 12.8 Å². The van der Waals surface area contributed by atoms with Gasteiger partial charge >= 0.3 is 0 Å². The largest absolute Gasteiger partial charge is 0.375 e. The van der Waals surface area contributed by atoms with Gasteiger partial charge in [-0.15, -0.1) is 11.3 Å². The number of nitrogens with one attached hydrogen (secondary N) is 2. The molecule has 1 fully saturated rings. The fourth-order valence-corrected chi connectivity index (χ4v) is 6.26. The van der Waals surface area contributed by atoms with Gasteiger partial charge in [-0.2, -0.15) is 4.31 Å². The van der Waals surface area contributed by atoms with Crippen molar-refractivity contribution < 1.29 is 22.7 Å². The Bertz CT molecular complexity index is 1020. The van der Waals surface area contributed by atoms with Crippen molar-refractivity contribution in [3.05, 3.63) is 41.3 Å². The summed E-state index contributed by atoms with van der Waals surface area (Å²) in [5.74, 6) is -0.975. The number of thiophene rings is 1. The first kappa shape index (κ1) is 22.4. The van der Waals surface area contributed by atoms with E-state index in [2.05, 4.69) is 10.6 Å². The highest BCUT2D eigenvalue weighted by Crippen LogP contribution is 2.29. The van der Waals surface area contributed by atoms with E-state index in [0.29, 0.717) is 35.0 Å². The van der Waals surface area contributed by atoms with E-state index >= 15 is 0 Å². The monoisotopic (exact) mass is 451 g/mol. The molecule has 2 amide bonds. The predicted molar refractivity (Wildman–Crippen MR) is 116 cm³/mol. The minimum Gasteiger partial charge on any atom is -0.375 e. The maximum atomic E-state index is 12.9. The van der Waals surface area contributed by atoms with Crippen LogP contribution in [0.3, 0.4) is 0 Å². The number of carbonyl (C=O) groups excluding carboxylic acids is 2. The van der Waals surface area contributed by atoms with Gasteiger partial charge in [0.15, 0.2) is 0 Å². The lowest BCUT2D eigenvalue weighted by Crippen LogP contribution is -2.43. The van der Waals surface area contributed by atoms with Crippen molar-refractivity contribution in [3.8, 4) is 0 Å². The number of sulfonamides is 1. The van der Waals surface area contributed by atoms with Gasteiger partial charge in [0.2, 0.25) is 11.8 Å². The van der Waals surface area contributed by atoms with Crippen LogP contribution in [0.4, 0.5) is 11.4 Å². The molecule has 0 saturated carbocycles. The van der Waals surface area contributed by atoms with E-state index in [1.807, 2.05) is 6.92 Å². The van der Waals surface area contributed by atoms with Gasteiger partial charge in [-0.25, -0.2) is 8.42 Å². The van der Waals surface area contributed by atoms with Gasteiger partial charge < -0.3 is 15.4 Å². The number of ether oxygens (including phenoxy) is 1. The van der Waals surface area contributed by atoms with Gasteiger partial charge in [-0.05, 0) is 50.1 Å². The molecule has 30 heavy (non-hydrogen) atoms. The van der Waals surface area contributed by atoms with Gasteiger partial charge in [0.05, 0.1) is 5.92 Å². The van der Waals surface area contributed by atoms with E-state index in [4.69, 9.17) is 4.74 Å². The molecule has 2 N–H and O–H groups in total. The molecule has 0 spiro atoms. The Balaban J connectivity index is 1.65. The molecule has 0 radical (unpaired) electrons. The second kappa shape index (κ2) is 9.69. The number of aryl methyl sites for hydroxylation is 1. The zero-order chi connectivity index (χ0) is 21.7. The zero-order valence-corrected chi connectivity index (χ0v) is 18.5. The highest BCUT2D eigenvalue weighted by atomic mass is 32.2. The van der Waals surface area contributed by atoms with Crippen LogP contribution >= 0.6 is 11.3 Å². The molecule has 0 unspecified atom stereocenters. The second-order valence-corrected chi connectivity index (χ2v) is 10.6. The van der Waals surface area contributed by atoms with Gasteiger partial charge in [-0.3, -0.25) is 9.59 Å². The predicted octanol–water partition coefficient (Wildman–Crippen LogP) is 2.68. The summed E-state index contributed by atoms with van der Waals surface area (Å²) in [5.41, 5.74) is 1.07. The smallest absolute Gasteiger partial charge is 0.252 e. The van der Waals surface area contributed by atoms with Crippen molar-refractivity contribution in [3.63, 3.8) is 0 Å². The number of anilines is 2. The van der Waals surface area contributed by atoms with Crippen molar-refractivity contribution in [2.75, 3.05) is 37.4 Å². The molecule has 1 aromatic carbocycles. The van der Waals surface area contributed by atoms with E-state index in [-0.39, 0.29) is 25.0 Å². The summed E-state index contributed by atoms with van der Waals surface area (Å²) in [7, 11) is -2.16. The van der Waals surface area contributed by atoms with Crippen LogP contribution in [0.1, 0.15) is 17.7 Å². The van der Waals surface area contributed by atoms with Gasteiger partial charge in [0.1, 0.15) is 10.8 Å². The van der Waals surface area contributed by atoms with Crippen LogP contribution in [0.25, 0.3) is 0 Å². The summed E-state index contributed by atoms with van der Waals surface area (Å²) >= 11 is 1.24.